The summed E-state index contributed by atoms with van der Waals surface area (Å²) in [4.78, 5) is 23.5. The first-order valence-electron chi connectivity index (χ1n) is 6.20. The second-order valence-electron chi connectivity index (χ2n) is 4.79. The zero-order chi connectivity index (χ0) is 14.0. The molecule has 0 unspecified atom stereocenters. The average molecular weight is 301 g/mol. The third-order valence-electron chi connectivity index (χ3n) is 3.64. The second-order valence-corrected chi connectivity index (χ2v) is 4.79. The van der Waals surface area contributed by atoms with E-state index in [4.69, 9.17) is 5.11 Å². The number of carboxylic acids is 1. The number of hydrogen-bond donors (Lipinski definition) is 1. The van der Waals surface area contributed by atoms with Crippen LogP contribution in [-0.4, -0.2) is 33.5 Å². The second kappa shape index (κ2) is 6.67. The maximum Gasteiger partial charge on any atom is 0.320 e. The highest BCUT2D eigenvalue weighted by Gasteiger charge is 2.30. The molecule has 0 amide bonds. The number of benzene rings is 1. The van der Waals surface area contributed by atoms with E-state index in [9.17, 15) is 14.9 Å². The monoisotopic (exact) mass is 300 g/mol. The fourth-order valence-corrected chi connectivity index (χ4v) is 2.55. The number of carboxylic acid groups (broad SMARTS) is 1. The largest absolute Gasteiger partial charge is 0.480 e. The summed E-state index contributed by atoms with van der Waals surface area (Å²) in [6.07, 6.45) is 1.49. The van der Waals surface area contributed by atoms with Gasteiger partial charge in [0.15, 0.2) is 0 Å². The van der Waals surface area contributed by atoms with Crippen LogP contribution in [0.2, 0.25) is 0 Å². The number of rotatable bonds is 4. The maximum absolute atomic E-state index is 11.1. The Kier molecular flexibility index (Phi) is 5.47. The number of aliphatic carboxylic acids is 1. The lowest BCUT2D eigenvalue weighted by Gasteiger charge is -2.21. The Balaban J connectivity index is 0.00000200. The van der Waals surface area contributed by atoms with Crippen molar-refractivity contribution >= 4 is 24.1 Å². The molecule has 110 valence electrons. The topological polar surface area (TPSA) is 83.7 Å². The molecule has 0 aromatic heterocycles. The van der Waals surface area contributed by atoms with Crippen molar-refractivity contribution in [1.82, 2.24) is 4.90 Å². The highest BCUT2D eigenvalue weighted by Crippen LogP contribution is 2.25. The van der Waals surface area contributed by atoms with Crippen LogP contribution in [0.3, 0.4) is 0 Å². The van der Waals surface area contributed by atoms with Gasteiger partial charge in [0, 0.05) is 18.2 Å². The molecule has 2 rings (SSSR count). The van der Waals surface area contributed by atoms with Gasteiger partial charge in [-0.2, -0.15) is 0 Å². The Hall–Kier alpha value is -1.66. The molecule has 1 saturated heterocycles. The molecule has 1 fully saturated rings. The molecule has 0 saturated carbocycles. The highest BCUT2D eigenvalue weighted by atomic mass is 35.5. The van der Waals surface area contributed by atoms with E-state index in [1.165, 1.54) is 6.07 Å². The van der Waals surface area contributed by atoms with Gasteiger partial charge in [0.2, 0.25) is 0 Å². The van der Waals surface area contributed by atoms with Crippen molar-refractivity contribution in [3.05, 3.63) is 39.4 Å². The number of nitro groups is 1. The molecule has 1 N–H and O–H groups in total. The summed E-state index contributed by atoms with van der Waals surface area (Å²) in [7, 11) is 0. The maximum atomic E-state index is 11.1. The summed E-state index contributed by atoms with van der Waals surface area (Å²) in [5, 5.41) is 20.0. The molecule has 1 heterocycles. The van der Waals surface area contributed by atoms with Gasteiger partial charge >= 0.3 is 5.97 Å². The molecular formula is C13H17ClN2O4. The molecule has 1 aliphatic heterocycles. The van der Waals surface area contributed by atoms with Gasteiger partial charge in [0.05, 0.1) is 4.92 Å². The fraction of sp³-hybridized carbons (Fsp3) is 0.462. The van der Waals surface area contributed by atoms with E-state index in [-0.39, 0.29) is 18.1 Å². The van der Waals surface area contributed by atoms with E-state index in [2.05, 4.69) is 0 Å². The van der Waals surface area contributed by atoms with Gasteiger partial charge in [0.1, 0.15) is 6.04 Å². The van der Waals surface area contributed by atoms with E-state index in [1.54, 1.807) is 13.0 Å². The average Bonchev–Trinajstić information content (AvgIpc) is 2.79. The van der Waals surface area contributed by atoms with E-state index >= 15 is 0 Å². The molecule has 0 radical (unpaired) electrons. The first-order chi connectivity index (χ1) is 9.00. The molecule has 0 spiro atoms. The van der Waals surface area contributed by atoms with Crippen molar-refractivity contribution in [2.45, 2.75) is 32.4 Å². The Morgan fingerprint density at radius 3 is 2.85 bits per heavy atom. The lowest BCUT2D eigenvalue weighted by molar-refractivity contribution is -0.385. The summed E-state index contributed by atoms with van der Waals surface area (Å²) in [6.45, 7) is 2.88. The van der Waals surface area contributed by atoms with Gasteiger partial charge in [-0.15, -0.1) is 12.4 Å². The minimum absolute atomic E-state index is 0. The van der Waals surface area contributed by atoms with E-state index in [0.29, 0.717) is 18.5 Å². The van der Waals surface area contributed by atoms with Crippen LogP contribution in [0.5, 0.6) is 0 Å². The van der Waals surface area contributed by atoms with Gasteiger partial charge in [-0.25, -0.2) is 0 Å². The molecule has 1 aliphatic rings. The third-order valence-corrected chi connectivity index (χ3v) is 3.64. The molecule has 1 aromatic carbocycles. The van der Waals surface area contributed by atoms with Crippen molar-refractivity contribution in [2.75, 3.05) is 6.54 Å². The zero-order valence-corrected chi connectivity index (χ0v) is 11.9. The van der Waals surface area contributed by atoms with E-state index in [1.807, 2.05) is 11.0 Å². The van der Waals surface area contributed by atoms with Crippen LogP contribution < -0.4 is 0 Å². The molecule has 7 heteroatoms. The van der Waals surface area contributed by atoms with Crippen LogP contribution in [0.15, 0.2) is 18.2 Å². The van der Waals surface area contributed by atoms with E-state index in [0.717, 1.165) is 18.5 Å². The van der Waals surface area contributed by atoms with Crippen molar-refractivity contribution in [3.63, 3.8) is 0 Å². The van der Waals surface area contributed by atoms with Gasteiger partial charge in [-0.1, -0.05) is 12.1 Å². The van der Waals surface area contributed by atoms with Crippen molar-refractivity contribution < 1.29 is 14.8 Å². The van der Waals surface area contributed by atoms with Crippen molar-refractivity contribution in [2.24, 2.45) is 0 Å². The Labute approximate surface area is 123 Å². The van der Waals surface area contributed by atoms with Crippen LogP contribution in [0.1, 0.15) is 24.0 Å². The van der Waals surface area contributed by atoms with E-state index < -0.39 is 16.9 Å². The number of likely N-dealkylation sites (tertiary alicyclic amines) is 1. The van der Waals surface area contributed by atoms with Gasteiger partial charge in [-0.05, 0) is 31.9 Å². The first kappa shape index (κ1) is 16.4. The minimum atomic E-state index is -0.819. The molecule has 1 atom stereocenters. The van der Waals surface area contributed by atoms with Crippen molar-refractivity contribution in [1.29, 1.82) is 0 Å². The third kappa shape index (κ3) is 3.26. The Morgan fingerprint density at radius 1 is 1.55 bits per heavy atom. The summed E-state index contributed by atoms with van der Waals surface area (Å²) in [6, 6.07) is 4.46. The van der Waals surface area contributed by atoms with Gasteiger partial charge in [-0.3, -0.25) is 19.8 Å². The van der Waals surface area contributed by atoms with Gasteiger partial charge in [0.25, 0.3) is 5.69 Å². The fourth-order valence-electron chi connectivity index (χ4n) is 2.55. The lowest BCUT2D eigenvalue weighted by Crippen LogP contribution is -2.35. The van der Waals surface area contributed by atoms with Crippen LogP contribution in [0.25, 0.3) is 0 Å². The molecule has 1 aromatic rings. The summed E-state index contributed by atoms with van der Waals surface area (Å²) < 4.78 is 0. The lowest BCUT2D eigenvalue weighted by atomic mass is 10.1. The number of nitrogens with zero attached hydrogens (tertiary/aromatic N) is 2. The molecule has 20 heavy (non-hydrogen) atoms. The van der Waals surface area contributed by atoms with Crippen LogP contribution in [-0.2, 0) is 11.3 Å². The first-order valence-corrected chi connectivity index (χ1v) is 6.20. The predicted molar refractivity (Wildman–Crippen MR) is 76.1 cm³/mol. The standard InChI is InChI=1S/C13H16N2O4.ClH/c1-9-10(4-2-5-11(9)15(18)19)8-14-7-3-6-12(14)13(16)17;/h2,4-5,12H,3,6-8H2,1H3,(H,16,17);1H/t12-;/m0./s1. The zero-order valence-electron chi connectivity index (χ0n) is 11.1. The summed E-state index contributed by atoms with van der Waals surface area (Å²) in [5.74, 6) is -0.819. The SMILES string of the molecule is Cc1c(CN2CCC[C@H]2C(=O)O)cccc1[N+](=O)[O-].Cl. The Morgan fingerprint density at radius 2 is 2.25 bits per heavy atom. The highest BCUT2D eigenvalue weighted by molar-refractivity contribution is 5.85. The summed E-state index contributed by atoms with van der Waals surface area (Å²) in [5.41, 5.74) is 1.52. The molecule has 0 bridgehead atoms. The minimum Gasteiger partial charge on any atom is -0.480 e. The van der Waals surface area contributed by atoms with Gasteiger partial charge < -0.3 is 5.11 Å². The van der Waals surface area contributed by atoms with Crippen molar-refractivity contribution in [3.8, 4) is 0 Å². The number of carbonyl (C=O) groups is 1. The number of nitro benzene ring substituents is 1. The predicted octanol–water partition coefficient (Wildman–Crippen LogP) is 2.37. The Bertz CT molecular complexity index is 521. The summed E-state index contributed by atoms with van der Waals surface area (Å²) >= 11 is 0. The van der Waals surface area contributed by atoms with Crippen LogP contribution >= 0.6 is 12.4 Å². The van der Waals surface area contributed by atoms with Crippen LogP contribution in [0, 0.1) is 17.0 Å². The molecule has 6 nitrogen and oxygen atoms in total. The molecule has 0 aliphatic carbocycles. The normalized spacial score (nSPS) is 18.6. The quantitative estimate of drug-likeness (QED) is 0.681. The number of halogens is 1. The molecular weight excluding hydrogens is 284 g/mol. The number of hydrogen-bond acceptors (Lipinski definition) is 4. The smallest absolute Gasteiger partial charge is 0.320 e. The van der Waals surface area contributed by atoms with Crippen LogP contribution in [0.4, 0.5) is 5.69 Å².